The molecular weight excluding hydrogens is 350 g/mol. The molecule has 6 nitrogen and oxygen atoms in total. The summed E-state index contributed by atoms with van der Waals surface area (Å²) in [5, 5.41) is 13.1. The highest BCUT2D eigenvalue weighted by molar-refractivity contribution is 9.10. The molecule has 0 radical (unpaired) electrons. The number of hydrogen-bond donors (Lipinski definition) is 1. The molecule has 0 atom stereocenters. The summed E-state index contributed by atoms with van der Waals surface area (Å²) in [6, 6.07) is 9.95. The minimum Gasteiger partial charge on any atom is -0.476 e. The van der Waals surface area contributed by atoms with Gasteiger partial charge in [-0.15, -0.1) is 0 Å². The van der Waals surface area contributed by atoms with Crippen molar-refractivity contribution in [1.82, 2.24) is 14.7 Å². The van der Waals surface area contributed by atoms with E-state index in [1.165, 1.54) is 10.2 Å². The lowest BCUT2D eigenvalue weighted by Gasteiger charge is -2.27. The first-order valence-electron chi connectivity index (χ1n) is 6.90. The van der Waals surface area contributed by atoms with Crippen molar-refractivity contribution in [1.29, 1.82) is 0 Å². The van der Waals surface area contributed by atoms with Crippen molar-refractivity contribution in [2.75, 3.05) is 13.1 Å². The molecule has 0 spiro atoms. The molecule has 0 bridgehead atoms. The molecule has 1 aromatic carbocycles. The molecule has 0 unspecified atom stereocenters. The first-order chi connectivity index (χ1) is 10.6. The Morgan fingerprint density at radius 2 is 2.00 bits per heavy atom. The number of aromatic nitrogens is 2. The number of aromatic carboxylic acids is 1. The van der Waals surface area contributed by atoms with E-state index < -0.39 is 5.97 Å². The third-order valence-corrected chi connectivity index (χ3v) is 4.43. The third kappa shape index (κ3) is 2.64. The van der Waals surface area contributed by atoms with Crippen molar-refractivity contribution >= 4 is 27.8 Å². The number of carboxylic acids is 1. The molecule has 2 aromatic rings. The standard InChI is InChI=1S/C15H14BrN3O3/c16-11-12(15(21)22)17-19-9-8-18(14(20)13(11)19)7-6-10-4-2-1-3-5-10/h1-5H,6-9H2,(H,21,22). The number of amides is 1. The predicted octanol–water partition coefficient (Wildman–Crippen LogP) is 2.04. The van der Waals surface area contributed by atoms with Crippen LogP contribution >= 0.6 is 15.9 Å². The smallest absolute Gasteiger partial charge is 0.357 e. The van der Waals surface area contributed by atoms with Crippen molar-refractivity contribution in [2.24, 2.45) is 0 Å². The zero-order valence-corrected chi connectivity index (χ0v) is 13.3. The molecule has 7 heteroatoms. The maximum absolute atomic E-state index is 12.5. The van der Waals surface area contributed by atoms with Gasteiger partial charge in [-0.25, -0.2) is 4.79 Å². The Morgan fingerprint density at radius 3 is 2.68 bits per heavy atom. The van der Waals surface area contributed by atoms with Crippen LogP contribution in [0.5, 0.6) is 0 Å². The van der Waals surface area contributed by atoms with Crippen LogP contribution in [-0.4, -0.2) is 44.8 Å². The second-order valence-electron chi connectivity index (χ2n) is 5.07. The van der Waals surface area contributed by atoms with Crippen LogP contribution in [0.3, 0.4) is 0 Å². The quantitative estimate of drug-likeness (QED) is 0.901. The lowest BCUT2D eigenvalue weighted by molar-refractivity contribution is 0.0678. The highest BCUT2D eigenvalue weighted by atomic mass is 79.9. The van der Waals surface area contributed by atoms with Gasteiger partial charge in [0.25, 0.3) is 5.91 Å². The molecule has 3 rings (SSSR count). The zero-order chi connectivity index (χ0) is 15.7. The second kappa shape index (κ2) is 5.92. The van der Waals surface area contributed by atoms with E-state index in [0.717, 1.165) is 6.42 Å². The zero-order valence-electron chi connectivity index (χ0n) is 11.7. The molecular formula is C15H14BrN3O3. The number of halogens is 1. The molecule has 114 valence electrons. The molecule has 1 aromatic heterocycles. The summed E-state index contributed by atoms with van der Waals surface area (Å²) in [7, 11) is 0. The molecule has 1 N–H and O–H groups in total. The van der Waals surface area contributed by atoms with Crippen LogP contribution in [0.1, 0.15) is 26.5 Å². The molecule has 1 amide bonds. The number of carboxylic acid groups (broad SMARTS) is 1. The summed E-state index contributed by atoms with van der Waals surface area (Å²) in [5.41, 5.74) is 1.37. The molecule has 0 aliphatic carbocycles. The number of carbonyl (C=O) groups is 2. The number of hydrogen-bond acceptors (Lipinski definition) is 3. The minimum atomic E-state index is -1.14. The largest absolute Gasteiger partial charge is 0.476 e. The van der Waals surface area contributed by atoms with Gasteiger partial charge in [0.2, 0.25) is 0 Å². The molecule has 1 aliphatic heterocycles. The normalized spacial score (nSPS) is 14.0. The lowest BCUT2D eigenvalue weighted by Crippen LogP contribution is -2.41. The van der Waals surface area contributed by atoms with Gasteiger partial charge in [0, 0.05) is 13.1 Å². The Bertz CT molecular complexity index is 727. The average Bonchev–Trinajstić information content (AvgIpc) is 2.86. The van der Waals surface area contributed by atoms with E-state index in [1.54, 1.807) is 4.90 Å². The van der Waals surface area contributed by atoms with Crippen LogP contribution in [0.2, 0.25) is 0 Å². The summed E-state index contributed by atoms with van der Waals surface area (Å²) < 4.78 is 1.73. The summed E-state index contributed by atoms with van der Waals surface area (Å²) in [4.78, 5) is 25.4. The van der Waals surface area contributed by atoms with Gasteiger partial charge in [0.15, 0.2) is 5.69 Å². The van der Waals surface area contributed by atoms with E-state index in [2.05, 4.69) is 21.0 Å². The topological polar surface area (TPSA) is 75.4 Å². The van der Waals surface area contributed by atoms with Gasteiger partial charge in [0.05, 0.1) is 11.0 Å². The molecule has 22 heavy (non-hydrogen) atoms. The highest BCUT2D eigenvalue weighted by Crippen LogP contribution is 2.25. The van der Waals surface area contributed by atoms with E-state index in [1.807, 2.05) is 30.3 Å². The first-order valence-corrected chi connectivity index (χ1v) is 7.70. The van der Waals surface area contributed by atoms with Crippen LogP contribution < -0.4 is 0 Å². The Labute approximate surface area is 135 Å². The summed E-state index contributed by atoms with van der Waals surface area (Å²) in [5.74, 6) is -1.33. The SMILES string of the molecule is O=C(O)c1nn2c(c1Br)C(=O)N(CCc1ccccc1)CC2. The van der Waals surface area contributed by atoms with Gasteiger partial charge in [-0.2, -0.15) is 5.10 Å². The molecule has 0 fully saturated rings. The molecule has 2 heterocycles. The Hall–Kier alpha value is -2.15. The van der Waals surface area contributed by atoms with Crippen LogP contribution in [0.4, 0.5) is 0 Å². The molecule has 0 saturated carbocycles. The van der Waals surface area contributed by atoms with Gasteiger partial charge >= 0.3 is 5.97 Å². The van der Waals surface area contributed by atoms with E-state index in [9.17, 15) is 9.59 Å². The van der Waals surface area contributed by atoms with Crippen molar-refractivity contribution in [3.8, 4) is 0 Å². The lowest BCUT2D eigenvalue weighted by atomic mass is 10.1. The van der Waals surface area contributed by atoms with Crippen LogP contribution in [0, 0.1) is 0 Å². The number of carbonyl (C=O) groups excluding carboxylic acids is 1. The van der Waals surface area contributed by atoms with E-state index in [0.29, 0.717) is 25.3 Å². The Balaban J connectivity index is 1.78. The summed E-state index contributed by atoms with van der Waals surface area (Å²) >= 11 is 3.19. The van der Waals surface area contributed by atoms with Crippen molar-refractivity contribution in [2.45, 2.75) is 13.0 Å². The molecule has 1 aliphatic rings. The number of rotatable bonds is 4. The monoisotopic (exact) mass is 363 g/mol. The second-order valence-corrected chi connectivity index (χ2v) is 5.86. The predicted molar refractivity (Wildman–Crippen MR) is 82.9 cm³/mol. The van der Waals surface area contributed by atoms with E-state index in [-0.39, 0.29) is 16.1 Å². The summed E-state index contributed by atoms with van der Waals surface area (Å²) in [6.07, 6.45) is 0.768. The number of benzene rings is 1. The van der Waals surface area contributed by atoms with E-state index in [4.69, 9.17) is 5.11 Å². The van der Waals surface area contributed by atoms with Gasteiger partial charge in [-0.3, -0.25) is 9.48 Å². The Kier molecular flexibility index (Phi) is 3.98. The van der Waals surface area contributed by atoms with Crippen molar-refractivity contribution in [3.63, 3.8) is 0 Å². The fraction of sp³-hybridized carbons (Fsp3) is 0.267. The van der Waals surface area contributed by atoms with E-state index >= 15 is 0 Å². The third-order valence-electron chi connectivity index (χ3n) is 3.68. The number of fused-ring (bicyclic) bond motifs is 1. The number of nitrogens with zero attached hydrogens (tertiary/aromatic N) is 3. The maximum Gasteiger partial charge on any atom is 0.357 e. The van der Waals surface area contributed by atoms with Gasteiger partial charge in [0.1, 0.15) is 5.69 Å². The highest BCUT2D eigenvalue weighted by Gasteiger charge is 2.31. The Morgan fingerprint density at radius 1 is 1.27 bits per heavy atom. The first kappa shape index (κ1) is 14.8. The molecule has 0 saturated heterocycles. The van der Waals surface area contributed by atoms with Crippen molar-refractivity contribution in [3.05, 3.63) is 51.8 Å². The summed E-state index contributed by atoms with van der Waals surface area (Å²) in [6.45, 7) is 1.64. The fourth-order valence-electron chi connectivity index (χ4n) is 2.53. The fourth-order valence-corrected chi connectivity index (χ4v) is 3.15. The van der Waals surface area contributed by atoms with Gasteiger partial charge in [-0.1, -0.05) is 30.3 Å². The van der Waals surface area contributed by atoms with Crippen LogP contribution in [-0.2, 0) is 13.0 Å². The van der Waals surface area contributed by atoms with Crippen LogP contribution in [0.15, 0.2) is 34.8 Å². The van der Waals surface area contributed by atoms with Crippen molar-refractivity contribution < 1.29 is 14.7 Å². The van der Waals surface area contributed by atoms with Crippen LogP contribution in [0.25, 0.3) is 0 Å². The average molecular weight is 364 g/mol. The van der Waals surface area contributed by atoms with Gasteiger partial charge in [-0.05, 0) is 27.9 Å². The maximum atomic E-state index is 12.5. The van der Waals surface area contributed by atoms with Gasteiger partial charge < -0.3 is 10.0 Å². The minimum absolute atomic E-state index is 0.117.